The summed E-state index contributed by atoms with van der Waals surface area (Å²) in [6, 6.07) is 12.7. The van der Waals surface area contributed by atoms with Crippen molar-refractivity contribution < 1.29 is 14.7 Å². The lowest BCUT2D eigenvalue weighted by molar-refractivity contribution is 0.0706. The van der Waals surface area contributed by atoms with E-state index in [1.54, 1.807) is 23.7 Å². The SMILES string of the molecule is O=C(NO)c1ccc2c(c1)N(Cc1cccc(Cl)c1)CCO2. The first-order chi connectivity index (χ1) is 10.7. The molecule has 1 aliphatic rings. The third kappa shape index (κ3) is 3.00. The molecule has 2 aromatic rings. The van der Waals surface area contributed by atoms with Crippen molar-refractivity contribution in [3.63, 3.8) is 0 Å². The van der Waals surface area contributed by atoms with Gasteiger partial charge in [-0.15, -0.1) is 0 Å². The molecule has 2 N–H and O–H groups in total. The summed E-state index contributed by atoms with van der Waals surface area (Å²) in [5.41, 5.74) is 3.93. The Balaban J connectivity index is 1.91. The van der Waals surface area contributed by atoms with E-state index in [2.05, 4.69) is 4.90 Å². The van der Waals surface area contributed by atoms with E-state index in [0.29, 0.717) is 30.3 Å². The third-order valence-electron chi connectivity index (χ3n) is 3.54. The van der Waals surface area contributed by atoms with E-state index in [-0.39, 0.29) is 0 Å². The number of hydroxylamine groups is 1. The molecule has 0 fully saturated rings. The number of carbonyl (C=O) groups is 1. The molecule has 22 heavy (non-hydrogen) atoms. The zero-order valence-corrected chi connectivity index (χ0v) is 12.5. The van der Waals surface area contributed by atoms with Gasteiger partial charge in [0.1, 0.15) is 12.4 Å². The quantitative estimate of drug-likeness (QED) is 0.675. The fraction of sp³-hybridized carbons (Fsp3) is 0.188. The Morgan fingerprint density at radius 2 is 2.18 bits per heavy atom. The molecule has 114 valence electrons. The molecule has 0 saturated carbocycles. The summed E-state index contributed by atoms with van der Waals surface area (Å²) in [6.45, 7) is 1.96. The molecule has 1 aliphatic heterocycles. The van der Waals surface area contributed by atoms with Crippen molar-refractivity contribution in [2.75, 3.05) is 18.1 Å². The maximum Gasteiger partial charge on any atom is 0.274 e. The second kappa shape index (κ2) is 6.25. The van der Waals surface area contributed by atoms with Gasteiger partial charge >= 0.3 is 0 Å². The monoisotopic (exact) mass is 318 g/mol. The van der Waals surface area contributed by atoms with Gasteiger partial charge in [-0.2, -0.15) is 0 Å². The normalized spacial score (nSPS) is 13.3. The lowest BCUT2D eigenvalue weighted by atomic mass is 10.1. The van der Waals surface area contributed by atoms with Gasteiger partial charge in [-0.1, -0.05) is 23.7 Å². The van der Waals surface area contributed by atoms with Crippen LogP contribution in [0.25, 0.3) is 0 Å². The summed E-state index contributed by atoms with van der Waals surface area (Å²) in [4.78, 5) is 13.7. The molecule has 0 bridgehead atoms. The van der Waals surface area contributed by atoms with Crippen LogP contribution < -0.4 is 15.1 Å². The summed E-state index contributed by atoms with van der Waals surface area (Å²) in [5, 5.41) is 9.46. The zero-order valence-electron chi connectivity index (χ0n) is 11.8. The molecule has 0 spiro atoms. The van der Waals surface area contributed by atoms with Crippen LogP contribution in [0.4, 0.5) is 5.69 Å². The molecule has 1 amide bonds. The number of nitrogens with zero attached hydrogens (tertiary/aromatic N) is 1. The highest BCUT2D eigenvalue weighted by molar-refractivity contribution is 6.30. The molecule has 5 nitrogen and oxygen atoms in total. The highest BCUT2D eigenvalue weighted by Crippen LogP contribution is 2.33. The number of benzene rings is 2. The minimum absolute atomic E-state index is 0.378. The van der Waals surface area contributed by atoms with Crippen molar-refractivity contribution in [1.29, 1.82) is 0 Å². The zero-order chi connectivity index (χ0) is 15.5. The molecule has 2 aromatic carbocycles. The van der Waals surface area contributed by atoms with E-state index in [9.17, 15) is 4.79 Å². The molecule has 0 aromatic heterocycles. The Hall–Kier alpha value is -2.24. The summed E-state index contributed by atoms with van der Waals surface area (Å²) in [6.07, 6.45) is 0. The number of fused-ring (bicyclic) bond motifs is 1. The van der Waals surface area contributed by atoms with E-state index in [0.717, 1.165) is 17.0 Å². The second-order valence-corrected chi connectivity index (χ2v) is 5.46. The molecular formula is C16H15ClN2O3. The number of halogens is 1. The molecule has 0 unspecified atom stereocenters. The standard InChI is InChI=1S/C16H15ClN2O3/c17-13-3-1-2-11(8-13)10-19-6-7-22-15-5-4-12(9-14(15)19)16(20)18-21/h1-5,8-9,21H,6-7,10H2,(H,18,20). The molecular weight excluding hydrogens is 304 g/mol. The predicted molar refractivity (Wildman–Crippen MR) is 83.7 cm³/mol. The Kier molecular flexibility index (Phi) is 4.18. The van der Waals surface area contributed by atoms with E-state index in [1.165, 1.54) is 0 Å². The van der Waals surface area contributed by atoms with Crippen molar-refractivity contribution in [3.8, 4) is 5.75 Å². The molecule has 1 heterocycles. The highest BCUT2D eigenvalue weighted by Gasteiger charge is 2.20. The van der Waals surface area contributed by atoms with Gasteiger partial charge in [-0.25, -0.2) is 5.48 Å². The van der Waals surface area contributed by atoms with Crippen LogP contribution in [0.1, 0.15) is 15.9 Å². The van der Waals surface area contributed by atoms with Crippen molar-refractivity contribution in [3.05, 3.63) is 58.6 Å². The van der Waals surface area contributed by atoms with Crippen LogP contribution >= 0.6 is 11.6 Å². The maximum absolute atomic E-state index is 11.6. The highest BCUT2D eigenvalue weighted by atomic mass is 35.5. The maximum atomic E-state index is 11.6. The lowest BCUT2D eigenvalue weighted by Gasteiger charge is -2.31. The third-order valence-corrected chi connectivity index (χ3v) is 3.78. The number of nitrogens with one attached hydrogen (secondary N) is 1. The van der Waals surface area contributed by atoms with Crippen molar-refractivity contribution in [2.24, 2.45) is 0 Å². The summed E-state index contributed by atoms with van der Waals surface area (Å²) >= 11 is 6.02. The van der Waals surface area contributed by atoms with E-state index >= 15 is 0 Å². The van der Waals surface area contributed by atoms with Gasteiger partial charge in [0.15, 0.2) is 0 Å². The summed E-state index contributed by atoms with van der Waals surface area (Å²) < 4.78 is 5.62. The molecule has 6 heteroatoms. The fourth-order valence-electron chi connectivity index (χ4n) is 2.50. The number of hydrogen-bond donors (Lipinski definition) is 2. The van der Waals surface area contributed by atoms with E-state index in [4.69, 9.17) is 21.5 Å². The summed E-state index contributed by atoms with van der Waals surface area (Å²) in [7, 11) is 0. The number of hydrogen-bond acceptors (Lipinski definition) is 4. The minimum Gasteiger partial charge on any atom is -0.490 e. The average Bonchev–Trinajstić information content (AvgIpc) is 2.54. The van der Waals surface area contributed by atoms with Crippen molar-refractivity contribution >= 4 is 23.2 Å². The molecule has 0 aliphatic carbocycles. The number of carbonyl (C=O) groups excluding carboxylic acids is 1. The van der Waals surface area contributed by atoms with Gasteiger partial charge in [-0.05, 0) is 35.9 Å². The molecule has 0 atom stereocenters. The van der Waals surface area contributed by atoms with Gasteiger partial charge in [0.2, 0.25) is 0 Å². The van der Waals surface area contributed by atoms with Crippen LogP contribution in [-0.4, -0.2) is 24.3 Å². The number of rotatable bonds is 3. The van der Waals surface area contributed by atoms with E-state index in [1.807, 2.05) is 24.3 Å². The first-order valence-corrected chi connectivity index (χ1v) is 7.26. The molecule has 0 radical (unpaired) electrons. The Bertz CT molecular complexity index is 706. The Labute approximate surface area is 133 Å². The van der Waals surface area contributed by atoms with Crippen LogP contribution in [0.5, 0.6) is 5.75 Å². The molecule has 3 rings (SSSR count). The van der Waals surface area contributed by atoms with Crippen LogP contribution in [0.2, 0.25) is 5.02 Å². The number of anilines is 1. The number of ether oxygens (including phenoxy) is 1. The van der Waals surface area contributed by atoms with Crippen molar-refractivity contribution in [1.82, 2.24) is 5.48 Å². The lowest BCUT2D eigenvalue weighted by Crippen LogP contribution is -2.32. The molecule has 0 saturated heterocycles. The van der Waals surface area contributed by atoms with Gasteiger partial charge in [0.05, 0.1) is 12.2 Å². The van der Waals surface area contributed by atoms with Crippen LogP contribution in [0.15, 0.2) is 42.5 Å². The predicted octanol–water partition coefficient (Wildman–Crippen LogP) is 2.86. The van der Waals surface area contributed by atoms with Gasteiger partial charge < -0.3 is 9.64 Å². The topological polar surface area (TPSA) is 61.8 Å². The largest absolute Gasteiger partial charge is 0.490 e. The fourth-order valence-corrected chi connectivity index (χ4v) is 2.71. The van der Waals surface area contributed by atoms with Crippen LogP contribution in [0.3, 0.4) is 0 Å². The number of amides is 1. The van der Waals surface area contributed by atoms with Crippen LogP contribution in [0, 0.1) is 0 Å². The second-order valence-electron chi connectivity index (χ2n) is 5.02. The first-order valence-electron chi connectivity index (χ1n) is 6.88. The van der Waals surface area contributed by atoms with E-state index < -0.39 is 5.91 Å². The Morgan fingerprint density at radius 1 is 1.32 bits per heavy atom. The van der Waals surface area contributed by atoms with Crippen LogP contribution in [-0.2, 0) is 6.54 Å². The Morgan fingerprint density at radius 3 is 2.95 bits per heavy atom. The minimum atomic E-state index is -0.545. The van der Waals surface area contributed by atoms with Gasteiger partial charge in [0.25, 0.3) is 5.91 Å². The average molecular weight is 319 g/mol. The van der Waals surface area contributed by atoms with Gasteiger partial charge in [-0.3, -0.25) is 10.0 Å². The first kappa shape index (κ1) is 14.7. The van der Waals surface area contributed by atoms with Gasteiger partial charge in [0, 0.05) is 17.1 Å². The summed E-state index contributed by atoms with van der Waals surface area (Å²) in [5.74, 6) is 0.179. The van der Waals surface area contributed by atoms with Crippen molar-refractivity contribution in [2.45, 2.75) is 6.54 Å². The smallest absolute Gasteiger partial charge is 0.274 e.